The quantitative estimate of drug-likeness (QED) is 0.496. The summed E-state index contributed by atoms with van der Waals surface area (Å²) in [5, 5.41) is 43.4. The topological polar surface area (TPSA) is 156 Å². The average molecular weight is 361 g/mol. The molecule has 136 valence electrons. The smallest absolute Gasteiger partial charge is 0.269 e. The van der Waals surface area contributed by atoms with Gasteiger partial charge < -0.3 is 15.5 Å². The van der Waals surface area contributed by atoms with Gasteiger partial charge in [0.2, 0.25) is 0 Å². The Morgan fingerprint density at radius 3 is 1.85 bits per heavy atom. The molecule has 1 amide bonds. The standard InChI is InChI=1S/C16H15N3O7/c20-9-14(15(21)10-1-5-12(6-2-10)18(23)24)17-16(22)11-3-7-13(8-4-11)19(25)26/h1-8,14-15,20-21H,9H2,(H,17,22)/t14-,15-/m0/s1. The second-order valence-corrected chi connectivity index (χ2v) is 5.36. The number of rotatable bonds is 7. The molecule has 0 aliphatic carbocycles. The fourth-order valence-corrected chi connectivity index (χ4v) is 2.24. The minimum Gasteiger partial charge on any atom is -0.394 e. The lowest BCUT2D eigenvalue weighted by Gasteiger charge is -2.22. The van der Waals surface area contributed by atoms with Crippen LogP contribution in [0.2, 0.25) is 0 Å². The van der Waals surface area contributed by atoms with Crippen LogP contribution in [0.25, 0.3) is 0 Å². The van der Waals surface area contributed by atoms with E-state index in [0.29, 0.717) is 0 Å². The summed E-state index contributed by atoms with van der Waals surface area (Å²) in [5.41, 5.74) is 0.0613. The zero-order valence-corrected chi connectivity index (χ0v) is 13.3. The van der Waals surface area contributed by atoms with E-state index in [2.05, 4.69) is 5.32 Å². The first-order valence-corrected chi connectivity index (χ1v) is 7.42. The van der Waals surface area contributed by atoms with Crippen molar-refractivity contribution >= 4 is 17.3 Å². The predicted molar refractivity (Wildman–Crippen MR) is 89.5 cm³/mol. The summed E-state index contributed by atoms with van der Waals surface area (Å²) in [6, 6.07) is 8.80. The summed E-state index contributed by atoms with van der Waals surface area (Å²) in [5.74, 6) is -0.639. The molecular formula is C16H15N3O7. The van der Waals surface area contributed by atoms with Gasteiger partial charge in [-0.25, -0.2) is 0 Å². The van der Waals surface area contributed by atoms with Gasteiger partial charge in [0, 0.05) is 29.8 Å². The average Bonchev–Trinajstić information content (AvgIpc) is 2.65. The number of hydrogen-bond acceptors (Lipinski definition) is 7. The minimum absolute atomic E-state index is 0.116. The van der Waals surface area contributed by atoms with Crippen LogP contribution in [0.15, 0.2) is 48.5 Å². The highest BCUT2D eigenvalue weighted by atomic mass is 16.6. The SMILES string of the molecule is O=C(N[C@@H](CO)[C@@H](O)c1ccc([N+](=O)[O-])cc1)c1ccc([N+](=O)[O-])cc1. The van der Waals surface area contributed by atoms with E-state index in [9.17, 15) is 35.2 Å². The number of carbonyl (C=O) groups excluding carboxylic acids is 1. The van der Waals surface area contributed by atoms with Gasteiger partial charge in [0.1, 0.15) is 6.10 Å². The van der Waals surface area contributed by atoms with Gasteiger partial charge >= 0.3 is 0 Å². The van der Waals surface area contributed by atoms with Crippen LogP contribution in [0.5, 0.6) is 0 Å². The lowest BCUT2D eigenvalue weighted by atomic mass is 10.0. The first kappa shape index (κ1) is 19.0. The van der Waals surface area contributed by atoms with Crippen LogP contribution in [0.4, 0.5) is 11.4 Å². The molecule has 0 radical (unpaired) electrons. The Labute approximate surface area is 147 Å². The Kier molecular flexibility index (Phi) is 5.94. The van der Waals surface area contributed by atoms with Crippen LogP contribution in [0, 0.1) is 20.2 Å². The molecule has 10 heteroatoms. The molecule has 2 aromatic rings. The third kappa shape index (κ3) is 4.37. The summed E-state index contributed by atoms with van der Waals surface area (Å²) in [4.78, 5) is 32.3. The van der Waals surface area contributed by atoms with Crippen molar-refractivity contribution in [3.8, 4) is 0 Å². The van der Waals surface area contributed by atoms with E-state index >= 15 is 0 Å². The van der Waals surface area contributed by atoms with E-state index in [0.717, 1.165) is 12.1 Å². The van der Waals surface area contributed by atoms with E-state index in [1.165, 1.54) is 36.4 Å². The van der Waals surface area contributed by atoms with Crippen molar-refractivity contribution in [2.24, 2.45) is 0 Å². The van der Waals surface area contributed by atoms with Gasteiger partial charge in [-0.15, -0.1) is 0 Å². The van der Waals surface area contributed by atoms with E-state index in [4.69, 9.17) is 0 Å². The number of hydrogen-bond donors (Lipinski definition) is 3. The van der Waals surface area contributed by atoms with Gasteiger partial charge in [0.25, 0.3) is 17.3 Å². The number of non-ortho nitro benzene ring substituents is 2. The second kappa shape index (κ2) is 8.14. The molecule has 0 bridgehead atoms. The number of amides is 1. The first-order chi connectivity index (χ1) is 12.3. The number of nitro groups is 2. The van der Waals surface area contributed by atoms with Crippen molar-refractivity contribution in [2.75, 3.05) is 6.61 Å². The number of aliphatic hydroxyl groups is 2. The van der Waals surface area contributed by atoms with Crippen molar-refractivity contribution in [1.82, 2.24) is 5.32 Å². The molecule has 0 aromatic heterocycles. The van der Waals surface area contributed by atoms with Gasteiger partial charge in [-0.2, -0.15) is 0 Å². The lowest BCUT2D eigenvalue weighted by molar-refractivity contribution is -0.385. The maximum Gasteiger partial charge on any atom is 0.269 e. The molecular weight excluding hydrogens is 346 g/mol. The maximum atomic E-state index is 12.2. The normalized spacial score (nSPS) is 12.8. The summed E-state index contributed by atoms with van der Waals surface area (Å²) >= 11 is 0. The van der Waals surface area contributed by atoms with E-state index < -0.39 is 34.5 Å². The summed E-state index contributed by atoms with van der Waals surface area (Å²) in [6.07, 6.45) is -1.30. The van der Waals surface area contributed by atoms with Crippen molar-refractivity contribution in [3.05, 3.63) is 79.9 Å². The predicted octanol–water partition coefficient (Wildman–Crippen LogP) is 1.33. The van der Waals surface area contributed by atoms with Crippen LogP contribution < -0.4 is 5.32 Å². The molecule has 0 saturated carbocycles. The highest BCUT2D eigenvalue weighted by Gasteiger charge is 2.23. The molecule has 0 aliphatic rings. The monoisotopic (exact) mass is 361 g/mol. The first-order valence-electron chi connectivity index (χ1n) is 7.42. The molecule has 3 N–H and O–H groups in total. The number of nitro benzene ring substituents is 2. The third-order valence-corrected chi connectivity index (χ3v) is 3.68. The molecule has 0 aliphatic heterocycles. The van der Waals surface area contributed by atoms with Crippen LogP contribution in [-0.2, 0) is 0 Å². The maximum absolute atomic E-state index is 12.2. The minimum atomic E-state index is -1.30. The Hall–Kier alpha value is -3.37. The Morgan fingerprint density at radius 2 is 1.42 bits per heavy atom. The van der Waals surface area contributed by atoms with Gasteiger partial charge in [-0.3, -0.25) is 25.0 Å². The van der Waals surface area contributed by atoms with Crippen LogP contribution >= 0.6 is 0 Å². The van der Waals surface area contributed by atoms with Crippen molar-refractivity contribution in [3.63, 3.8) is 0 Å². The number of carbonyl (C=O) groups is 1. The molecule has 0 unspecified atom stereocenters. The van der Waals surface area contributed by atoms with Gasteiger partial charge in [0.05, 0.1) is 22.5 Å². The zero-order valence-electron chi connectivity index (χ0n) is 13.3. The van der Waals surface area contributed by atoms with Crippen molar-refractivity contribution < 1.29 is 24.9 Å². The molecule has 26 heavy (non-hydrogen) atoms. The number of nitrogens with one attached hydrogen (secondary N) is 1. The zero-order chi connectivity index (χ0) is 19.3. The highest BCUT2D eigenvalue weighted by Crippen LogP contribution is 2.21. The summed E-state index contributed by atoms with van der Waals surface area (Å²) in [7, 11) is 0. The largest absolute Gasteiger partial charge is 0.394 e. The molecule has 10 nitrogen and oxygen atoms in total. The van der Waals surface area contributed by atoms with E-state index in [-0.39, 0.29) is 22.5 Å². The number of nitrogens with zero attached hydrogens (tertiary/aromatic N) is 2. The number of aliphatic hydroxyl groups excluding tert-OH is 2. The fourth-order valence-electron chi connectivity index (χ4n) is 2.24. The van der Waals surface area contributed by atoms with Crippen LogP contribution in [0.1, 0.15) is 22.0 Å². The van der Waals surface area contributed by atoms with Gasteiger partial charge in [0.15, 0.2) is 0 Å². The fraction of sp³-hybridized carbons (Fsp3) is 0.188. The molecule has 2 atom stereocenters. The Bertz CT molecular complexity index is 806. The third-order valence-electron chi connectivity index (χ3n) is 3.68. The molecule has 2 aromatic carbocycles. The van der Waals surface area contributed by atoms with Crippen LogP contribution in [-0.4, -0.2) is 38.6 Å². The molecule has 2 rings (SSSR count). The molecule has 0 heterocycles. The molecule has 0 spiro atoms. The second-order valence-electron chi connectivity index (χ2n) is 5.36. The lowest BCUT2D eigenvalue weighted by Crippen LogP contribution is -2.41. The summed E-state index contributed by atoms with van der Waals surface area (Å²) < 4.78 is 0. The Balaban J connectivity index is 2.10. The van der Waals surface area contributed by atoms with Crippen molar-refractivity contribution in [2.45, 2.75) is 12.1 Å². The van der Waals surface area contributed by atoms with Crippen molar-refractivity contribution in [1.29, 1.82) is 0 Å². The number of benzene rings is 2. The van der Waals surface area contributed by atoms with Gasteiger partial charge in [-0.05, 0) is 29.8 Å². The highest BCUT2D eigenvalue weighted by molar-refractivity contribution is 5.94. The summed E-state index contributed by atoms with van der Waals surface area (Å²) in [6.45, 7) is -0.586. The molecule has 0 fully saturated rings. The van der Waals surface area contributed by atoms with E-state index in [1.807, 2.05) is 0 Å². The Morgan fingerprint density at radius 1 is 0.962 bits per heavy atom. The van der Waals surface area contributed by atoms with Gasteiger partial charge in [-0.1, -0.05) is 0 Å². The molecule has 0 saturated heterocycles. The van der Waals surface area contributed by atoms with E-state index in [1.54, 1.807) is 0 Å². The van der Waals surface area contributed by atoms with Crippen LogP contribution in [0.3, 0.4) is 0 Å².